The molecule has 1 heterocycles. The van der Waals surface area contributed by atoms with Crippen LogP contribution in [-0.4, -0.2) is 45.3 Å². The first kappa shape index (κ1) is 13.7. The molecule has 104 valence electrons. The standard InChI is InChI=1S/C11H13NO7/c13-8-6-18-11(19-12(16)17,10(15)9(8)14)7-4-2-1-3-5-7/h1-5,8-10,13-15H,6H2/t8-,9+,10-,11+/m1/s1. The van der Waals surface area contributed by atoms with Crippen molar-refractivity contribution in [3.63, 3.8) is 0 Å². The lowest BCUT2D eigenvalue weighted by Gasteiger charge is -2.43. The van der Waals surface area contributed by atoms with E-state index in [-0.39, 0.29) is 5.56 Å². The first-order valence-corrected chi connectivity index (χ1v) is 5.54. The van der Waals surface area contributed by atoms with Crippen LogP contribution in [0.3, 0.4) is 0 Å². The molecule has 1 aromatic carbocycles. The molecular weight excluding hydrogens is 258 g/mol. The van der Waals surface area contributed by atoms with E-state index in [2.05, 4.69) is 4.84 Å². The number of hydrogen-bond acceptors (Lipinski definition) is 7. The second-order valence-corrected chi connectivity index (χ2v) is 4.16. The summed E-state index contributed by atoms with van der Waals surface area (Å²) in [7, 11) is 0. The third-order valence-electron chi connectivity index (χ3n) is 2.96. The summed E-state index contributed by atoms with van der Waals surface area (Å²) in [5.41, 5.74) is 0.171. The fourth-order valence-corrected chi connectivity index (χ4v) is 2.00. The largest absolute Gasteiger partial charge is 0.388 e. The summed E-state index contributed by atoms with van der Waals surface area (Å²) in [4.78, 5) is 15.1. The highest BCUT2D eigenvalue weighted by Gasteiger charge is 2.54. The van der Waals surface area contributed by atoms with E-state index in [4.69, 9.17) is 4.74 Å². The Bertz CT molecular complexity index is 454. The minimum absolute atomic E-state index is 0.171. The van der Waals surface area contributed by atoms with Gasteiger partial charge < -0.3 is 20.1 Å². The summed E-state index contributed by atoms with van der Waals surface area (Å²) in [6.07, 6.45) is -4.76. The predicted molar refractivity (Wildman–Crippen MR) is 60.2 cm³/mol. The van der Waals surface area contributed by atoms with Crippen LogP contribution < -0.4 is 0 Å². The van der Waals surface area contributed by atoms with Gasteiger partial charge in [0, 0.05) is 5.56 Å². The van der Waals surface area contributed by atoms with Gasteiger partial charge in [0.1, 0.15) is 18.3 Å². The average Bonchev–Trinajstić information content (AvgIpc) is 2.40. The summed E-state index contributed by atoms with van der Waals surface area (Å²) in [5, 5.41) is 38.6. The van der Waals surface area contributed by atoms with Crippen LogP contribution in [0.1, 0.15) is 5.56 Å². The molecule has 8 nitrogen and oxygen atoms in total. The molecule has 0 amide bonds. The number of aliphatic hydroxyl groups is 3. The molecule has 0 aliphatic carbocycles. The van der Waals surface area contributed by atoms with Crippen LogP contribution >= 0.6 is 0 Å². The molecule has 0 spiro atoms. The van der Waals surface area contributed by atoms with Crippen molar-refractivity contribution in [3.05, 3.63) is 46.0 Å². The second-order valence-electron chi connectivity index (χ2n) is 4.16. The van der Waals surface area contributed by atoms with Gasteiger partial charge in [0.25, 0.3) is 10.9 Å². The minimum Gasteiger partial charge on any atom is -0.388 e. The van der Waals surface area contributed by atoms with E-state index in [1.54, 1.807) is 18.2 Å². The maximum Gasteiger partial charge on any atom is 0.297 e. The Morgan fingerprint density at radius 2 is 1.95 bits per heavy atom. The number of benzene rings is 1. The fraction of sp³-hybridized carbons (Fsp3) is 0.455. The molecule has 1 fully saturated rings. The predicted octanol–water partition coefficient (Wildman–Crippen LogP) is -0.839. The first-order valence-electron chi connectivity index (χ1n) is 5.54. The number of ether oxygens (including phenoxy) is 1. The van der Waals surface area contributed by atoms with Crippen molar-refractivity contribution in [1.29, 1.82) is 0 Å². The Hall–Kier alpha value is -1.74. The minimum atomic E-state index is -2.15. The van der Waals surface area contributed by atoms with E-state index >= 15 is 0 Å². The number of hydrogen-bond donors (Lipinski definition) is 3. The third-order valence-corrected chi connectivity index (χ3v) is 2.96. The molecule has 1 aromatic rings. The third kappa shape index (κ3) is 2.38. The van der Waals surface area contributed by atoms with Crippen molar-refractivity contribution in [3.8, 4) is 0 Å². The van der Waals surface area contributed by atoms with E-state index < -0.39 is 35.8 Å². The van der Waals surface area contributed by atoms with Crippen LogP contribution in [-0.2, 0) is 15.4 Å². The number of aliphatic hydroxyl groups excluding tert-OH is 3. The van der Waals surface area contributed by atoms with E-state index in [1.165, 1.54) is 12.1 Å². The van der Waals surface area contributed by atoms with Crippen LogP contribution in [0.5, 0.6) is 0 Å². The van der Waals surface area contributed by atoms with Gasteiger partial charge in [0.2, 0.25) is 0 Å². The average molecular weight is 271 g/mol. The van der Waals surface area contributed by atoms with Gasteiger partial charge in [-0.15, -0.1) is 10.1 Å². The van der Waals surface area contributed by atoms with Crippen molar-refractivity contribution in [2.75, 3.05) is 6.61 Å². The molecule has 1 aliphatic rings. The quantitative estimate of drug-likeness (QED) is 0.484. The highest BCUT2D eigenvalue weighted by atomic mass is 17.0. The zero-order chi connectivity index (χ0) is 14.0. The maximum atomic E-state index is 10.6. The molecular formula is C11H13NO7. The van der Waals surface area contributed by atoms with E-state index in [9.17, 15) is 25.4 Å². The van der Waals surface area contributed by atoms with E-state index in [1.807, 2.05) is 0 Å². The van der Waals surface area contributed by atoms with Gasteiger partial charge in [-0.05, 0) is 0 Å². The molecule has 8 heteroatoms. The topological polar surface area (TPSA) is 122 Å². The van der Waals surface area contributed by atoms with E-state index in [0.29, 0.717) is 0 Å². The lowest BCUT2D eigenvalue weighted by molar-refractivity contribution is -0.806. The molecule has 0 radical (unpaired) electrons. The van der Waals surface area contributed by atoms with Crippen molar-refractivity contribution in [1.82, 2.24) is 0 Å². The zero-order valence-corrected chi connectivity index (χ0v) is 9.75. The molecule has 4 atom stereocenters. The summed E-state index contributed by atoms with van der Waals surface area (Å²) in [6, 6.07) is 7.74. The molecule has 0 saturated carbocycles. The first-order chi connectivity index (χ1) is 8.97. The molecule has 2 rings (SSSR count). The van der Waals surface area contributed by atoms with Gasteiger partial charge in [0.05, 0.1) is 6.61 Å². The summed E-state index contributed by atoms with van der Waals surface area (Å²) >= 11 is 0. The van der Waals surface area contributed by atoms with Gasteiger partial charge in [-0.1, -0.05) is 30.3 Å². The molecule has 1 saturated heterocycles. The molecule has 1 aliphatic heterocycles. The SMILES string of the molecule is O=[N+]([O-])O[C@]1(c2ccccc2)OC[C@@H](O)[C@H](O)[C@H]1O. The Balaban J connectivity index is 2.43. The molecule has 0 bridgehead atoms. The fourth-order valence-electron chi connectivity index (χ4n) is 2.00. The highest BCUT2D eigenvalue weighted by Crippen LogP contribution is 2.37. The Morgan fingerprint density at radius 1 is 1.32 bits per heavy atom. The van der Waals surface area contributed by atoms with Crippen LogP contribution in [0.4, 0.5) is 0 Å². The van der Waals surface area contributed by atoms with Gasteiger partial charge in [0.15, 0.2) is 0 Å². The summed E-state index contributed by atoms with van der Waals surface area (Å²) in [5.74, 6) is -2.15. The molecule has 19 heavy (non-hydrogen) atoms. The Labute approximate surface area is 107 Å². The van der Waals surface area contributed by atoms with Gasteiger partial charge in [-0.25, -0.2) is 0 Å². The lowest BCUT2D eigenvalue weighted by atomic mass is 9.91. The Morgan fingerprint density at radius 3 is 2.53 bits per heavy atom. The number of nitrogens with zero attached hydrogens (tertiary/aromatic N) is 1. The van der Waals surface area contributed by atoms with Crippen LogP contribution in [0.2, 0.25) is 0 Å². The number of rotatable bonds is 3. The van der Waals surface area contributed by atoms with Gasteiger partial charge >= 0.3 is 0 Å². The van der Waals surface area contributed by atoms with Crippen molar-refractivity contribution >= 4 is 0 Å². The summed E-state index contributed by atoms with van der Waals surface area (Å²) in [6.45, 7) is -0.402. The van der Waals surface area contributed by atoms with Crippen molar-refractivity contribution in [2.24, 2.45) is 0 Å². The maximum absolute atomic E-state index is 10.6. The van der Waals surface area contributed by atoms with Gasteiger partial charge in [-0.3, -0.25) is 4.84 Å². The smallest absolute Gasteiger partial charge is 0.297 e. The normalized spacial score (nSPS) is 34.8. The highest BCUT2D eigenvalue weighted by molar-refractivity contribution is 5.23. The molecule has 3 N–H and O–H groups in total. The van der Waals surface area contributed by atoms with Crippen molar-refractivity contribution < 1.29 is 30.0 Å². The Kier molecular flexibility index (Phi) is 3.67. The van der Waals surface area contributed by atoms with Crippen LogP contribution in [0.25, 0.3) is 0 Å². The summed E-state index contributed by atoms with van der Waals surface area (Å²) < 4.78 is 5.13. The van der Waals surface area contributed by atoms with Crippen LogP contribution in [0, 0.1) is 10.1 Å². The molecule has 0 aromatic heterocycles. The monoisotopic (exact) mass is 271 g/mol. The lowest BCUT2D eigenvalue weighted by Crippen LogP contribution is -2.60. The zero-order valence-electron chi connectivity index (χ0n) is 9.75. The molecule has 0 unspecified atom stereocenters. The van der Waals surface area contributed by atoms with Crippen LogP contribution in [0.15, 0.2) is 30.3 Å². The second kappa shape index (κ2) is 5.10. The van der Waals surface area contributed by atoms with Gasteiger partial charge in [-0.2, -0.15) is 0 Å². The van der Waals surface area contributed by atoms with E-state index in [0.717, 1.165) is 0 Å². The van der Waals surface area contributed by atoms with Crippen molar-refractivity contribution in [2.45, 2.75) is 24.1 Å².